The van der Waals surface area contributed by atoms with Gasteiger partial charge in [0.15, 0.2) is 0 Å². The van der Waals surface area contributed by atoms with E-state index in [9.17, 15) is 9.59 Å². The second kappa shape index (κ2) is 7.38. The number of rotatable bonds is 5. The van der Waals surface area contributed by atoms with E-state index in [4.69, 9.17) is 4.74 Å². The molecule has 1 amide bonds. The molecule has 0 saturated heterocycles. The Balaban J connectivity index is 1.62. The van der Waals surface area contributed by atoms with E-state index in [1.807, 2.05) is 12.1 Å². The third-order valence-corrected chi connectivity index (χ3v) is 4.34. The zero-order valence-corrected chi connectivity index (χ0v) is 14.5. The molecule has 1 aliphatic rings. The van der Waals surface area contributed by atoms with Crippen LogP contribution in [0.5, 0.6) is 0 Å². The number of anilines is 2. The molecular weight excluding hydrogens is 316 g/mol. The number of fused-ring (bicyclic) bond motifs is 1. The van der Waals surface area contributed by atoms with Gasteiger partial charge in [-0.15, -0.1) is 0 Å². The maximum absolute atomic E-state index is 12.4. The normalized spacial score (nSPS) is 15.6. The van der Waals surface area contributed by atoms with Crippen molar-refractivity contribution in [1.29, 1.82) is 0 Å². The minimum atomic E-state index is -0.358. The Morgan fingerprint density at radius 2 is 1.88 bits per heavy atom. The van der Waals surface area contributed by atoms with Crippen LogP contribution in [0.4, 0.5) is 11.4 Å². The van der Waals surface area contributed by atoms with Gasteiger partial charge in [0.1, 0.15) is 0 Å². The molecule has 25 heavy (non-hydrogen) atoms. The van der Waals surface area contributed by atoms with Crippen molar-refractivity contribution >= 4 is 23.3 Å². The fourth-order valence-corrected chi connectivity index (χ4v) is 3.13. The van der Waals surface area contributed by atoms with Crippen molar-refractivity contribution in [2.75, 3.05) is 23.4 Å². The minimum Gasteiger partial charge on any atom is -0.462 e. The van der Waals surface area contributed by atoms with Gasteiger partial charge >= 0.3 is 5.97 Å². The average molecular weight is 338 g/mol. The van der Waals surface area contributed by atoms with Crippen molar-refractivity contribution in [2.24, 2.45) is 0 Å². The molecule has 0 bridgehead atoms. The number of ether oxygens (including phenoxy) is 1. The summed E-state index contributed by atoms with van der Waals surface area (Å²) >= 11 is 0. The number of hydrogen-bond acceptors (Lipinski definition) is 4. The molecule has 1 atom stereocenters. The van der Waals surface area contributed by atoms with Gasteiger partial charge in [-0.3, -0.25) is 4.79 Å². The molecule has 2 aromatic rings. The fraction of sp³-hybridized carbons (Fsp3) is 0.300. The molecule has 0 spiro atoms. The number of hydrogen-bond donors (Lipinski definition) is 1. The van der Waals surface area contributed by atoms with Gasteiger partial charge in [-0.05, 0) is 56.2 Å². The van der Waals surface area contributed by atoms with Crippen molar-refractivity contribution in [2.45, 2.75) is 26.3 Å². The van der Waals surface area contributed by atoms with Crippen LogP contribution >= 0.6 is 0 Å². The number of amides is 1. The molecule has 1 heterocycles. The summed E-state index contributed by atoms with van der Waals surface area (Å²) in [4.78, 5) is 26.2. The fourth-order valence-electron chi connectivity index (χ4n) is 3.13. The van der Waals surface area contributed by atoms with Crippen molar-refractivity contribution in [3.63, 3.8) is 0 Å². The van der Waals surface area contributed by atoms with Crippen LogP contribution in [-0.2, 0) is 16.0 Å². The molecule has 0 saturated carbocycles. The standard InChI is InChI=1S/C20H22N2O3/c1-3-25-20(24)15-8-10-17(11-9-15)21-19(23)13-22-14(2)12-16-6-4-5-7-18(16)22/h4-11,14H,3,12-13H2,1-2H3,(H,21,23). The first-order valence-electron chi connectivity index (χ1n) is 8.50. The van der Waals surface area contributed by atoms with Crippen LogP contribution in [0.25, 0.3) is 0 Å². The van der Waals surface area contributed by atoms with E-state index < -0.39 is 0 Å². The van der Waals surface area contributed by atoms with E-state index in [2.05, 4.69) is 29.3 Å². The highest BCUT2D eigenvalue weighted by Gasteiger charge is 2.26. The highest BCUT2D eigenvalue weighted by Crippen LogP contribution is 2.31. The molecule has 0 radical (unpaired) electrons. The van der Waals surface area contributed by atoms with Gasteiger partial charge < -0.3 is 15.0 Å². The van der Waals surface area contributed by atoms with Gasteiger partial charge in [-0.2, -0.15) is 0 Å². The van der Waals surface area contributed by atoms with E-state index in [-0.39, 0.29) is 11.9 Å². The molecule has 0 aliphatic carbocycles. The van der Waals surface area contributed by atoms with E-state index in [0.717, 1.165) is 12.1 Å². The first kappa shape index (κ1) is 17.0. The van der Waals surface area contributed by atoms with Crippen LogP contribution in [0.15, 0.2) is 48.5 Å². The molecular formula is C20H22N2O3. The Kier molecular flexibility index (Phi) is 5.03. The Bertz CT molecular complexity index is 771. The highest BCUT2D eigenvalue weighted by molar-refractivity contribution is 5.95. The lowest BCUT2D eigenvalue weighted by Crippen LogP contribution is -2.37. The second-order valence-corrected chi connectivity index (χ2v) is 6.16. The Hall–Kier alpha value is -2.82. The number of carbonyl (C=O) groups excluding carboxylic acids is 2. The van der Waals surface area contributed by atoms with Crippen LogP contribution in [0.1, 0.15) is 29.8 Å². The summed E-state index contributed by atoms with van der Waals surface area (Å²) in [5.74, 6) is -0.435. The molecule has 1 N–H and O–H groups in total. The van der Waals surface area contributed by atoms with Gasteiger partial charge in [-0.25, -0.2) is 4.79 Å². The number of benzene rings is 2. The maximum atomic E-state index is 12.4. The van der Waals surface area contributed by atoms with Gasteiger partial charge in [-0.1, -0.05) is 18.2 Å². The van der Waals surface area contributed by atoms with Gasteiger partial charge in [0.25, 0.3) is 0 Å². The first-order chi connectivity index (χ1) is 12.1. The predicted octanol–water partition coefficient (Wildman–Crippen LogP) is 3.25. The Labute approximate surface area is 147 Å². The molecule has 1 aliphatic heterocycles. The largest absolute Gasteiger partial charge is 0.462 e. The van der Waals surface area contributed by atoms with Crippen LogP contribution in [0.3, 0.4) is 0 Å². The molecule has 5 nitrogen and oxygen atoms in total. The third-order valence-electron chi connectivity index (χ3n) is 4.34. The van der Waals surface area contributed by atoms with Gasteiger partial charge in [0.2, 0.25) is 5.91 Å². The van der Waals surface area contributed by atoms with E-state index >= 15 is 0 Å². The SMILES string of the molecule is CCOC(=O)c1ccc(NC(=O)CN2c3ccccc3CC2C)cc1. The quantitative estimate of drug-likeness (QED) is 0.850. The number of nitrogens with zero attached hydrogens (tertiary/aromatic N) is 1. The summed E-state index contributed by atoms with van der Waals surface area (Å²) < 4.78 is 4.95. The molecule has 2 aromatic carbocycles. The molecule has 3 rings (SSSR count). The highest BCUT2D eigenvalue weighted by atomic mass is 16.5. The zero-order valence-electron chi connectivity index (χ0n) is 14.5. The zero-order chi connectivity index (χ0) is 17.8. The Morgan fingerprint density at radius 1 is 1.16 bits per heavy atom. The van der Waals surface area contributed by atoms with Crippen LogP contribution < -0.4 is 10.2 Å². The molecule has 0 aromatic heterocycles. The topological polar surface area (TPSA) is 58.6 Å². The molecule has 5 heteroatoms. The van der Waals surface area contributed by atoms with E-state index in [0.29, 0.717) is 30.4 Å². The van der Waals surface area contributed by atoms with E-state index in [1.54, 1.807) is 31.2 Å². The third kappa shape index (κ3) is 3.82. The van der Waals surface area contributed by atoms with Crippen LogP contribution in [0.2, 0.25) is 0 Å². The van der Waals surface area contributed by atoms with Crippen molar-refractivity contribution < 1.29 is 14.3 Å². The summed E-state index contributed by atoms with van der Waals surface area (Å²) in [6.45, 7) is 4.54. The lowest BCUT2D eigenvalue weighted by atomic mass is 10.1. The van der Waals surface area contributed by atoms with Gasteiger partial charge in [0.05, 0.1) is 18.7 Å². The predicted molar refractivity (Wildman–Crippen MR) is 98.0 cm³/mol. The van der Waals surface area contributed by atoms with Crippen molar-refractivity contribution in [3.8, 4) is 0 Å². The average Bonchev–Trinajstić information content (AvgIpc) is 2.91. The summed E-state index contributed by atoms with van der Waals surface area (Å²) in [5.41, 5.74) is 3.55. The minimum absolute atomic E-state index is 0.0764. The Morgan fingerprint density at radius 3 is 2.60 bits per heavy atom. The number of esters is 1. The smallest absolute Gasteiger partial charge is 0.338 e. The van der Waals surface area contributed by atoms with Crippen molar-refractivity contribution in [3.05, 3.63) is 59.7 Å². The molecule has 0 fully saturated rings. The summed E-state index contributed by atoms with van der Waals surface area (Å²) in [6.07, 6.45) is 0.956. The number of para-hydroxylation sites is 1. The lowest BCUT2D eigenvalue weighted by Gasteiger charge is -2.24. The van der Waals surface area contributed by atoms with Crippen molar-refractivity contribution in [1.82, 2.24) is 0 Å². The van der Waals surface area contributed by atoms with Crippen LogP contribution in [0, 0.1) is 0 Å². The monoisotopic (exact) mass is 338 g/mol. The summed E-state index contributed by atoms with van der Waals surface area (Å²) in [6, 6.07) is 15.2. The summed E-state index contributed by atoms with van der Waals surface area (Å²) in [5, 5.41) is 2.89. The van der Waals surface area contributed by atoms with E-state index in [1.165, 1.54) is 5.56 Å². The van der Waals surface area contributed by atoms with Crippen LogP contribution in [-0.4, -0.2) is 31.1 Å². The number of carbonyl (C=O) groups is 2. The first-order valence-corrected chi connectivity index (χ1v) is 8.50. The van der Waals surface area contributed by atoms with Gasteiger partial charge in [0, 0.05) is 17.4 Å². The lowest BCUT2D eigenvalue weighted by molar-refractivity contribution is -0.115. The number of nitrogens with one attached hydrogen (secondary N) is 1. The summed E-state index contributed by atoms with van der Waals surface area (Å²) in [7, 11) is 0. The second-order valence-electron chi connectivity index (χ2n) is 6.16. The molecule has 130 valence electrons. The molecule has 1 unspecified atom stereocenters. The maximum Gasteiger partial charge on any atom is 0.338 e.